The lowest BCUT2D eigenvalue weighted by atomic mass is 9.83. The molecule has 1 aliphatic heterocycles. The predicted octanol–water partition coefficient (Wildman–Crippen LogP) is 1.16. The Balaban J connectivity index is 2.03. The van der Waals surface area contributed by atoms with Crippen molar-refractivity contribution < 1.29 is 22.7 Å². The molecule has 0 unspecified atom stereocenters. The summed E-state index contributed by atoms with van der Waals surface area (Å²) in [4.78, 5) is 24.3. The lowest BCUT2D eigenvalue weighted by Gasteiger charge is -2.30. The molecule has 1 aliphatic carbocycles. The number of methoxy groups -OCH3 is 1. The highest BCUT2D eigenvalue weighted by molar-refractivity contribution is 7.89. The third-order valence-electron chi connectivity index (χ3n) is 4.19. The normalized spacial score (nSPS) is 16.6. The molecule has 2 aromatic carbocycles. The third-order valence-corrected chi connectivity index (χ3v) is 5.86. The van der Waals surface area contributed by atoms with Gasteiger partial charge in [-0.25, -0.2) is 0 Å². The Bertz CT molecular complexity index is 1070. The highest BCUT2D eigenvalue weighted by Gasteiger charge is 2.40. The molecule has 0 fully saturated rings. The Morgan fingerprint density at radius 3 is 2.48 bits per heavy atom. The van der Waals surface area contributed by atoms with Crippen LogP contribution >= 0.6 is 0 Å². The van der Waals surface area contributed by atoms with Crippen molar-refractivity contribution in [1.29, 1.82) is 0 Å². The van der Waals surface area contributed by atoms with Crippen LogP contribution in [-0.4, -0.2) is 44.0 Å². The molecule has 0 saturated heterocycles. The predicted molar refractivity (Wildman–Crippen MR) is 87.9 cm³/mol. The molecule has 4 rings (SSSR count). The van der Waals surface area contributed by atoms with Gasteiger partial charge in [-0.2, -0.15) is 17.9 Å². The molecule has 25 heavy (non-hydrogen) atoms. The number of hydrogen-bond donors (Lipinski definition) is 0. The number of hydrazone groups is 1. The Hall–Kier alpha value is -3.00. The van der Waals surface area contributed by atoms with Crippen molar-refractivity contribution in [3.05, 3.63) is 64.7 Å². The van der Waals surface area contributed by atoms with Gasteiger partial charge in [0.25, 0.3) is 10.0 Å². The van der Waals surface area contributed by atoms with Crippen LogP contribution in [0.25, 0.3) is 0 Å². The van der Waals surface area contributed by atoms with Crippen LogP contribution in [0.2, 0.25) is 0 Å². The van der Waals surface area contributed by atoms with Gasteiger partial charge in [0, 0.05) is 22.3 Å². The maximum Gasteiger partial charge on any atom is 0.328 e. The van der Waals surface area contributed by atoms with Gasteiger partial charge in [0.2, 0.25) is 0 Å². The van der Waals surface area contributed by atoms with Crippen LogP contribution in [0.4, 0.5) is 0 Å². The van der Waals surface area contributed by atoms with Crippen molar-refractivity contribution in [2.75, 3.05) is 13.7 Å². The summed E-state index contributed by atoms with van der Waals surface area (Å²) in [5.41, 5.74) is 1.92. The first-order chi connectivity index (χ1) is 11.9. The number of rotatable bonds is 2. The van der Waals surface area contributed by atoms with E-state index in [0.29, 0.717) is 21.3 Å². The van der Waals surface area contributed by atoms with E-state index in [1.54, 1.807) is 30.3 Å². The van der Waals surface area contributed by atoms with Crippen LogP contribution in [0, 0.1) is 0 Å². The maximum absolute atomic E-state index is 12.8. The Morgan fingerprint density at radius 1 is 1.08 bits per heavy atom. The van der Waals surface area contributed by atoms with E-state index in [1.165, 1.54) is 19.2 Å². The molecule has 0 saturated carbocycles. The van der Waals surface area contributed by atoms with Gasteiger partial charge in [0.1, 0.15) is 5.71 Å². The number of fused-ring (bicyclic) bond motifs is 2. The summed E-state index contributed by atoms with van der Waals surface area (Å²) in [6, 6.07) is 11.4. The summed E-state index contributed by atoms with van der Waals surface area (Å²) in [5, 5.41) is 4.18. The van der Waals surface area contributed by atoms with Gasteiger partial charge in [0.05, 0.1) is 12.0 Å². The minimum atomic E-state index is -4.05. The smallest absolute Gasteiger partial charge is 0.328 e. The molecule has 0 N–H and O–H groups in total. The molecule has 2 aliphatic rings. The molecular weight excluding hydrogens is 344 g/mol. The Morgan fingerprint density at radius 2 is 1.76 bits per heavy atom. The second kappa shape index (κ2) is 5.25. The van der Waals surface area contributed by atoms with Gasteiger partial charge < -0.3 is 4.74 Å². The first-order valence-corrected chi connectivity index (χ1v) is 8.85. The van der Waals surface area contributed by atoms with Crippen LogP contribution in [-0.2, 0) is 19.6 Å². The molecule has 7 nitrogen and oxygen atoms in total. The van der Waals surface area contributed by atoms with E-state index >= 15 is 0 Å². The van der Waals surface area contributed by atoms with Crippen molar-refractivity contribution in [1.82, 2.24) is 4.41 Å². The Kier molecular flexibility index (Phi) is 3.26. The summed E-state index contributed by atoms with van der Waals surface area (Å²) >= 11 is 0. The molecule has 1 heterocycles. The summed E-state index contributed by atoms with van der Waals surface area (Å²) < 4.78 is 30.9. The summed E-state index contributed by atoms with van der Waals surface area (Å²) in [6.45, 7) is -0.540. The largest absolute Gasteiger partial charge is 0.468 e. The van der Waals surface area contributed by atoms with Crippen LogP contribution in [0.5, 0.6) is 0 Å². The zero-order valence-corrected chi connectivity index (χ0v) is 13.9. The summed E-state index contributed by atoms with van der Waals surface area (Å²) in [5.74, 6) is -0.976. The number of carbonyl (C=O) groups excluding carboxylic acids is 2. The average Bonchev–Trinajstić information content (AvgIpc) is 2.62. The first-order valence-electron chi connectivity index (χ1n) is 7.41. The highest BCUT2D eigenvalue weighted by atomic mass is 32.2. The minimum absolute atomic E-state index is 0.0400. The van der Waals surface area contributed by atoms with Crippen LogP contribution in [0.15, 0.2) is 52.5 Å². The van der Waals surface area contributed by atoms with E-state index < -0.39 is 22.5 Å². The first kappa shape index (κ1) is 15.5. The van der Waals surface area contributed by atoms with E-state index in [-0.39, 0.29) is 21.8 Å². The zero-order valence-electron chi connectivity index (χ0n) is 13.1. The van der Waals surface area contributed by atoms with E-state index in [9.17, 15) is 18.0 Å². The van der Waals surface area contributed by atoms with Crippen molar-refractivity contribution in [3.63, 3.8) is 0 Å². The van der Waals surface area contributed by atoms with Crippen LogP contribution in [0.3, 0.4) is 0 Å². The molecule has 8 heteroatoms. The second-order valence-electron chi connectivity index (χ2n) is 5.56. The number of carbonyl (C=O) groups is 2. The number of ether oxygens (including phenoxy) is 1. The molecule has 0 spiro atoms. The van der Waals surface area contributed by atoms with E-state index in [0.717, 1.165) is 0 Å². The van der Waals surface area contributed by atoms with Crippen molar-refractivity contribution >= 4 is 27.5 Å². The molecule has 126 valence electrons. The van der Waals surface area contributed by atoms with Crippen LogP contribution < -0.4 is 0 Å². The van der Waals surface area contributed by atoms with E-state index in [2.05, 4.69) is 9.84 Å². The zero-order chi connectivity index (χ0) is 17.8. The Labute approximate surface area is 143 Å². The fraction of sp³-hybridized carbons (Fsp3) is 0.118. The third kappa shape index (κ3) is 2.11. The number of sulfonamides is 1. The fourth-order valence-electron chi connectivity index (χ4n) is 3.02. The standard InChI is InChI=1S/C17H12N2O5S/c1-24-14(20)9-19-18-16-10-5-2-3-6-11(10)17(21)12-7-4-8-13(15(12)16)25(19,22)23/h2-8H,9H2,1H3. The molecule has 0 atom stereocenters. The van der Waals surface area contributed by atoms with E-state index in [4.69, 9.17) is 0 Å². The van der Waals surface area contributed by atoms with E-state index in [1.807, 2.05) is 0 Å². The highest BCUT2D eigenvalue weighted by Crippen LogP contribution is 2.36. The minimum Gasteiger partial charge on any atom is -0.468 e. The van der Waals surface area contributed by atoms with Crippen molar-refractivity contribution in [2.45, 2.75) is 4.90 Å². The van der Waals surface area contributed by atoms with Gasteiger partial charge in [-0.3, -0.25) is 9.59 Å². The van der Waals surface area contributed by atoms with Gasteiger partial charge in [-0.15, -0.1) is 0 Å². The quantitative estimate of drug-likeness (QED) is 0.643. The monoisotopic (exact) mass is 356 g/mol. The summed E-state index contributed by atoms with van der Waals surface area (Å²) in [6.07, 6.45) is 0. The topological polar surface area (TPSA) is 93.1 Å². The van der Waals surface area contributed by atoms with Crippen molar-refractivity contribution in [2.24, 2.45) is 5.10 Å². The van der Waals surface area contributed by atoms with Gasteiger partial charge >= 0.3 is 5.97 Å². The number of nitrogens with zero attached hydrogens (tertiary/aromatic N) is 2. The molecule has 0 aromatic heterocycles. The lowest BCUT2D eigenvalue weighted by molar-refractivity contribution is -0.140. The number of ketones is 1. The maximum atomic E-state index is 12.8. The molecule has 2 aromatic rings. The number of hydrogen-bond acceptors (Lipinski definition) is 6. The molecule has 0 bridgehead atoms. The van der Waals surface area contributed by atoms with Crippen LogP contribution in [0.1, 0.15) is 27.0 Å². The lowest BCUT2D eigenvalue weighted by Crippen LogP contribution is -2.39. The molecular formula is C17H12N2O5S. The second-order valence-corrected chi connectivity index (χ2v) is 7.37. The summed E-state index contributed by atoms with van der Waals surface area (Å²) in [7, 11) is -2.88. The number of esters is 1. The molecule has 0 radical (unpaired) electrons. The average molecular weight is 356 g/mol. The SMILES string of the molecule is COC(=O)CN1N=C2c3ccccc3C(=O)c3cccc(c32)S1(=O)=O. The van der Waals surface area contributed by atoms with Gasteiger partial charge in [0.15, 0.2) is 12.3 Å². The van der Waals surface area contributed by atoms with Crippen molar-refractivity contribution in [3.8, 4) is 0 Å². The van der Waals surface area contributed by atoms with Gasteiger partial charge in [-0.05, 0) is 6.07 Å². The number of benzene rings is 2. The fourth-order valence-corrected chi connectivity index (χ4v) is 4.43. The van der Waals surface area contributed by atoms with Gasteiger partial charge in [-0.1, -0.05) is 36.4 Å². The molecule has 0 amide bonds.